The van der Waals surface area contributed by atoms with Crippen LogP contribution < -0.4 is 15.2 Å². The number of aliphatic hydroxyl groups is 1. The zero-order valence-electron chi connectivity index (χ0n) is 15.7. The summed E-state index contributed by atoms with van der Waals surface area (Å²) < 4.78 is 61.5. The lowest BCUT2D eigenvalue weighted by Crippen LogP contribution is -2.31. The molecule has 0 aliphatic carbocycles. The van der Waals surface area contributed by atoms with E-state index in [1.165, 1.54) is 12.1 Å². The molecule has 3 N–H and O–H groups in total. The Kier molecular flexibility index (Phi) is 9.08. The summed E-state index contributed by atoms with van der Waals surface area (Å²) in [7, 11) is 0. The van der Waals surface area contributed by atoms with Gasteiger partial charge in [-0.25, -0.2) is 4.39 Å². The molecule has 3 rings (SSSR count). The number of halogens is 7. The van der Waals surface area contributed by atoms with E-state index in [4.69, 9.17) is 27.2 Å². The molecule has 1 aromatic heterocycles. The Balaban J connectivity index is 0.00000363. The molecule has 174 valence electrons. The normalized spacial score (nSPS) is 12.2. The van der Waals surface area contributed by atoms with Gasteiger partial charge in [0.1, 0.15) is 22.4 Å². The predicted octanol–water partition coefficient (Wildman–Crippen LogP) is 5.45. The molecule has 0 fully saturated rings. The highest BCUT2D eigenvalue weighted by molar-refractivity contribution is 9.10. The van der Waals surface area contributed by atoms with Gasteiger partial charge >= 0.3 is 6.36 Å². The van der Waals surface area contributed by atoms with Crippen molar-refractivity contribution in [2.45, 2.75) is 12.4 Å². The number of nitrogens with zero attached hydrogens (tertiary/aromatic N) is 2. The Morgan fingerprint density at radius 3 is 2.50 bits per heavy atom. The van der Waals surface area contributed by atoms with Crippen LogP contribution in [0.1, 0.15) is 0 Å². The van der Waals surface area contributed by atoms with Crippen molar-refractivity contribution in [3.63, 3.8) is 0 Å². The van der Waals surface area contributed by atoms with Gasteiger partial charge in [-0.1, -0.05) is 38.9 Å². The van der Waals surface area contributed by atoms with Crippen LogP contribution >= 0.6 is 51.3 Å². The summed E-state index contributed by atoms with van der Waals surface area (Å²) in [4.78, 5) is 0. The standard InChI is InChI=1S/C18H13BrClF4N3O3S.ClH/c19-9-1-8(2-11(3-9)30-18(22,23)24)16-26-27-17(31-16)12-4-14(21)15(5-13(12)20)29-7-10(25)6-28;/h1-5,10,28H,6-7,25H2;1H/t10-;/m1./s1. The summed E-state index contributed by atoms with van der Waals surface area (Å²) in [5.41, 5.74) is 6.06. The quantitative estimate of drug-likeness (QED) is 0.363. The van der Waals surface area contributed by atoms with Crippen molar-refractivity contribution in [2.75, 3.05) is 13.2 Å². The molecule has 0 unspecified atom stereocenters. The van der Waals surface area contributed by atoms with E-state index in [9.17, 15) is 17.6 Å². The van der Waals surface area contributed by atoms with Gasteiger partial charge in [-0.3, -0.25) is 0 Å². The predicted molar refractivity (Wildman–Crippen MR) is 118 cm³/mol. The first kappa shape index (κ1) is 26.6. The molecule has 0 radical (unpaired) electrons. The number of aromatic nitrogens is 2. The van der Waals surface area contributed by atoms with E-state index in [0.29, 0.717) is 10.0 Å². The van der Waals surface area contributed by atoms with Crippen molar-refractivity contribution in [3.8, 4) is 32.6 Å². The van der Waals surface area contributed by atoms with Gasteiger partial charge in [0.05, 0.1) is 17.7 Å². The van der Waals surface area contributed by atoms with E-state index in [-0.39, 0.29) is 52.0 Å². The molecule has 0 spiro atoms. The maximum atomic E-state index is 14.4. The Labute approximate surface area is 202 Å². The van der Waals surface area contributed by atoms with E-state index in [1.54, 1.807) is 0 Å². The first-order valence-corrected chi connectivity index (χ1v) is 10.4. The molecule has 0 aliphatic rings. The largest absolute Gasteiger partial charge is 0.573 e. The Hall–Kier alpha value is -1.70. The third kappa shape index (κ3) is 6.90. The molecule has 6 nitrogen and oxygen atoms in total. The lowest BCUT2D eigenvalue weighted by atomic mass is 10.2. The monoisotopic (exact) mass is 577 g/mol. The number of alkyl halides is 3. The molecular weight excluding hydrogens is 565 g/mol. The summed E-state index contributed by atoms with van der Waals surface area (Å²) >= 11 is 10.4. The fraction of sp³-hybridized carbons (Fsp3) is 0.222. The number of benzene rings is 2. The van der Waals surface area contributed by atoms with Crippen LogP contribution in [0.25, 0.3) is 21.1 Å². The Morgan fingerprint density at radius 2 is 1.84 bits per heavy atom. The van der Waals surface area contributed by atoms with Gasteiger partial charge in [-0.2, -0.15) is 0 Å². The second kappa shape index (κ2) is 10.9. The molecule has 3 aromatic rings. The smallest absolute Gasteiger partial charge is 0.489 e. The van der Waals surface area contributed by atoms with Crippen LogP contribution in [0.2, 0.25) is 5.02 Å². The molecule has 14 heteroatoms. The molecule has 0 amide bonds. The van der Waals surface area contributed by atoms with Gasteiger partial charge in [0, 0.05) is 21.7 Å². The number of hydrogen-bond acceptors (Lipinski definition) is 7. The molecule has 0 saturated heterocycles. The molecule has 2 aromatic carbocycles. The van der Waals surface area contributed by atoms with Crippen molar-refractivity contribution < 1.29 is 32.1 Å². The van der Waals surface area contributed by atoms with E-state index >= 15 is 0 Å². The van der Waals surface area contributed by atoms with Crippen LogP contribution in [0.15, 0.2) is 34.8 Å². The minimum atomic E-state index is -4.85. The maximum Gasteiger partial charge on any atom is 0.573 e. The second-order valence-corrected chi connectivity index (χ2v) is 8.45. The van der Waals surface area contributed by atoms with E-state index in [0.717, 1.165) is 29.5 Å². The summed E-state index contributed by atoms with van der Waals surface area (Å²) in [5, 5.41) is 17.5. The van der Waals surface area contributed by atoms with Gasteiger partial charge in [-0.05, 0) is 24.3 Å². The lowest BCUT2D eigenvalue weighted by Gasteiger charge is -2.12. The average molecular weight is 579 g/mol. The minimum Gasteiger partial charge on any atom is -0.489 e. The summed E-state index contributed by atoms with van der Waals surface area (Å²) in [6.45, 7) is -0.441. The summed E-state index contributed by atoms with van der Waals surface area (Å²) in [6, 6.07) is 5.52. The molecule has 1 atom stereocenters. The van der Waals surface area contributed by atoms with Crippen LogP contribution in [-0.2, 0) is 0 Å². The first-order chi connectivity index (χ1) is 14.6. The molecular formula is C18H14BrCl2F4N3O3S. The number of ether oxygens (including phenoxy) is 2. The van der Waals surface area contributed by atoms with Crippen LogP contribution in [0.4, 0.5) is 17.6 Å². The Bertz CT molecular complexity index is 1090. The fourth-order valence-corrected chi connectivity index (χ4v) is 4.01. The van der Waals surface area contributed by atoms with Gasteiger partial charge < -0.3 is 20.3 Å². The Morgan fingerprint density at radius 1 is 1.16 bits per heavy atom. The number of hydrogen-bond donors (Lipinski definition) is 2. The molecule has 0 bridgehead atoms. The van der Waals surface area contributed by atoms with E-state index in [2.05, 4.69) is 30.9 Å². The molecule has 0 saturated carbocycles. The fourth-order valence-electron chi connectivity index (χ4n) is 2.38. The minimum absolute atomic E-state index is 0. The van der Waals surface area contributed by atoms with Gasteiger partial charge in [-0.15, -0.1) is 35.8 Å². The number of nitrogens with two attached hydrogens (primary N) is 1. The maximum absolute atomic E-state index is 14.4. The zero-order valence-corrected chi connectivity index (χ0v) is 19.7. The number of rotatable bonds is 7. The highest BCUT2D eigenvalue weighted by Crippen LogP contribution is 2.39. The van der Waals surface area contributed by atoms with E-state index in [1.807, 2.05) is 0 Å². The lowest BCUT2D eigenvalue weighted by molar-refractivity contribution is -0.274. The third-order valence-electron chi connectivity index (χ3n) is 3.72. The van der Waals surface area contributed by atoms with Crippen molar-refractivity contribution in [1.82, 2.24) is 10.2 Å². The first-order valence-electron chi connectivity index (χ1n) is 8.44. The number of aliphatic hydroxyl groups excluding tert-OH is 1. The average Bonchev–Trinajstić information content (AvgIpc) is 3.16. The summed E-state index contributed by atoms with van der Waals surface area (Å²) in [5.74, 6) is -1.31. The summed E-state index contributed by atoms with van der Waals surface area (Å²) in [6.07, 6.45) is -4.85. The molecule has 0 aliphatic heterocycles. The zero-order chi connectivity index (χ0) is 22.8. The van der Waals surface area contributed by atoms with E-state index < -0.39 is 24.0 Å². The SMILES string of the molecule is Cl.N[C@H](CO)COc1cc(Cl)c(-c2nnc(-c3cc(Br)cc(OC(F)(F)F)c3)s2)cc1F. The van der Waals surface area contributed by atoms with Crippen molar-refractivity contribution >= 4 is 51.3 Å². The second-order valence-electron chi connectivity index (χ2n) is 6.15. The van der Waals surface area contributed by atoms with Crippen LogP contribution in [0.3, 0.4) is 0 Å². The van der Waals surface area contributed by atoms with Crippen LogP contribution in [-0.4, -0.2) is 40.9 Å². The topological polar surface area (TPSA) is 90.5 Å². The van der Waals surface area contributed by atoms with Gasteiger partial charge in [0.2, 0.25) is 0 Å². The van der Waals surface area contributed by atoms with Crippen molar-refractivity contribution in [3.05, 3.63) is 45.6 Å². The van der Waals surface area contributed by atoms with Crippen LogP contribution in [0, 0.1) is 5.82 Å². The van der Waals surface area contributed by atoms with Gasteiger partial charge in [0.15, 0.2) is 11.6 Å². The van der Waals surface area contributed by atoms with Crippen LogP contribution in [0.5, 0.6) is 11.5 Å². The highest BCUT2D eigenvalue weighted by Gasteiger charge is 2.31. The highest BCUT2D eigenvalue weighted by atomic mass is 79.9. The third-order valence-corrected chi connectivity index (χ3v) is 5.49. The molecule has 1 heterocycles. The van der Waals surface area contributed by atoms with Gasteiger partial charge in [0.25, 0.3) is 0 Å². The van der Waals surface area contributed by atoms with Crippen molar-refractivity contribution in [1.29, 1.82) is 0 Å². The molecule has 32 heavy (non-hydrogen) atoms. The van der Waals surface area contributed by atoms with Crippen molar-refractivity contribution in [2.24, 2.45) is 5.73 Å².